The molecule has 1 amide bonds. The van der Waals surface area contributed by atoms with E-state index in [2.05, 4.69) is 5.32 Å². The van der Waals surface area contributed by atoms with E-state index in [-0.39, 0.29) is 23.6 Å². The summed E-state index contributed by atoms with van der Waals surface area (Å²) in [5.41, 5.74) is 5.76. The van der Waals surface area contributed by atoms with Gasteiger partial charge in [-0.15, -0.1) is 0 Å². The molecule has 0 radical (unpaired) electrons. The number of nitrogens with one attached hydrogen (secondary N) is 1. The normalized spacial score (nSPS) is 22.3. The number of carbonyl (C=O) groups is 1. The van der Waals surface area contributed by atoms with E-state index in [0.29, 0.717) is 30.1 Å². The van der Waals surface area contributed by atoms with Crippen LogP contribution in [-0.4, -0.2) is 19.0 Å². The summed E-state index contributed by atoms with van der Waals surface area (Å²) in [7, 11) is 0. The highest BCUT2D eigenvalue weighted by molar-refractivity contribution is 6.31. The fourth-order valence-electron chi connectivity index (χ4n) is 2.00. The van der Waals surface area contributed by atoms with E-state index in [1.54, 1.807) is 12.1 Å². The second-order valence-electron chi connectivity index (χ2n) is 4.16. The summed E-state index contributed by atoms with van der Waals surface area (Å²) < 4.78 is 13.6. The van der Waals surface area contributed by atoms with Gasteiger partial charge in [-0.25, -0.2) is 4.39 Å². The number of amides is 1. The molecule has 2 rings (SSSR count). The van der Waals surface area contributed by atoms with Crippen molar-refractivity contribution in [2.75, 3.05) is 13.1 Å². The Hall–Kier alpha value is -1.13. The predicted molar refractivity (Wildman–Crippen MR) is 64.3 cm³/mol. The van der Waals surface area contributed by atoms with Crippen LogP contribution in [0.25, 0.3) is 0 Å². The monoisotopic (exact) mass is 256 g/mol. The van der Waals surface area contributed by atoms with Crippen LogP contribution < -0.4 is 11.1 Å². The van der Waals surface area contributed by atoms with Gasteiger partial charge in [-0.1, -0.05) is 17.7 Å². The molecular formula is C12H14ClFN2O. The fraction of sp³-hybridized carbons (Fsp3) is 0.417. The van der Waals surface area contributed by atoms with Gasteiger partial charge in [-0.2, -0.15) is 0 Å². The summed E-state index contributed by atoms with van der Waals surface area (Å²) >= 11 is 5.95. The van der Waals surface area contributed by atoms with Crippen molar-refractivity contribution in [1.82, 2.24) is 5.32 Å². The van der Waals surface area contributed by atoms with Gasteiger partial charge in [-0.05, 0) is 18.6 Å². The van der Waals surface area contributed by atoms with E-state index in [1.165, 1.54) is 6.07 Å². The number of rotatable bonds is 4. The summed E-state index contributed by atoms with van der Waals surface area (Å²) in [5.74, 6) is -0.672. The maximum Gasteiger partial charge on any atom is 0.223 e. The topological polar surface area (TPSA) is 55.1 Å². The summed E-state index contributed by atoms with van der Waals surface area (Å²) in [5, 5.41) is 3.10. The lowest BCUT2D eigenvalue weighted by molar-refractivity contribution is -0.122. The Bertz CT molecular complexity index is 418. The maximum atomic E-state index is 13.6. The second kappa shape index (κ2) is 5.02. The van der Waals surface area contributed by atoms with Gasteiger partial charge < -0.3 is 11.1 Å². The molecule has 3 N–H and O–H groups in total. The van der Waals surface area contributed by atoms with Crippen molar-refractivity contribution in [2.24, 2.45) is 11.7 Å². The molecule has 2 unspecified atom stereocenters. The van der Waals surface area contributed by atoms with Crippen LogP contribution in [0.1, 0.15) is 17.9 Å². The highest BCUT2D eigenvalue weighted by atomic mass is 35.5. The van der Waals surface area contributed by atoms with Gasteiger partial charge in [0, 0.05) is 35.5 Å². The summed E-state index contributed by atoms with van der Waals surface area (Å²) in [4.78, 5) is 11.6. The zero-order valence-corrected chi connectivity index (χ0v) is 10.0. The first-order valence-electron chi connectivity index (χ1n) is 5.57. The molecule has 5 heteroatoms. The first-order valence-corrected chi connectivity index (χ1v) is 5.94. The zero-order valence-electron chi connectivity index (χ0n) is 9.25. The molecule has 0 saturated heterocycles. The lowest BCUT2D eigenvalue weighted by Gasteiger charge is -2.05. The molecule has 1 aromatic carbocycles. The van der Waals surface area contributed by atoms with Gasteiger partial charge in [-0.3, -0.25) is 4.79 Å². The Morgan fingerprint density at radius 2 is 2.35 bits per heavy atom. The molecule has 92 valence electrons. The van der Waals surface area contributed by atoms with Crippen molar-refractivity contribution < 1.29 is 9.18 Å². The molecule has 0 spiro atoms. The van der Waals surface area contributed by atoms with Crippen molar-refractivity contribution in [1.29, 1.82) is 0 Å². The molecule has 1 aromatic rings. The summed E-state index contributed by atoms with van der Waals surface area (Å²) in [6, 6.07) is 4.58. The standard InChI is InChI=1S/C12H14ClFN2O/c13-9-2-1-3-10(14)11(9)7-6-8(7)12(17)16-5-4-15/h1-3,7-8H,4-6,15H2,(H,16,17). The molecule has 0 heterocycles. The van der Waals surface area contributed by atoms with Crippen LogP contribution in [0.5, 0.6) is 0 Å². The highest BCUT2D eigenvalue weighted by Crippen LogP contribution is 2.50. The van der Waals surface area contributed by atoms with Gasteiger partial charge in [0.25, 0.3) is 0 Å². The molecule has 0 aromatic heterocycles. The van der Waals surface area contributed by atoms with E-state index < -0.39 is 0 Å². The number of benzene rings is 1. The Labute approximate surface area is 104 Å². The Balaban J connectivity index is 2.05. The van der Waals surface area contributed by atoms with Crippen molar-refractivity contribution in [3.63, 3.8) is 0 Å². The van der Waals surface area contributed by atoms with Gasteiger partial charge in [0.2, 0.25) is 5.91 Å². The van der Waals surface area contributed by atoms with Gasteiger partial charge >= 0.3 is 0 Å². The van der Waals surface area contributed by atoms with Gasteiger partial charge in [0.05, 0.1) is 0 Å². The lowest BCUT2D eigenvalue weighted by atomic mass is 10.1. The Kier molecular flexibility index (Phi) is 3.64. The minimum absolute atomic E-state index is 0.0697. The van der Waals surface area contributed by atoms with Crippen LogP contribution in [-0.2, 0) is 4.79 Å². The average Bonchev–Trinajstić information content (AvgIpc) is 3.06. The molecule has 17 heavy (non-hydrogen) atoms. The van der Waals surface area contributed by atoms with Crippen LogP contribution in [0.2, 0.25) is 5.02 Å². The van der Waals surface area contributed by atoms with E-state index in [1.807, 2.05) is 0 Å². The maximum absolute atomic E-state index is 13.6. The second-order valence-corrected chi connectivity index (χ2v) is 4.57. The van der Waals surface area contributed by atoms with Crippen LogP contribution >= 0.6 is 11.6 Å². The number of nitrogens with two attached hydrogens (primary N) is 1. The lowest BCUT2D eigenvalue weighted by Crippen LogP contribution is -2.30. The third kappa shape index (κ3) is 2.58. The Morgan fingerprint density at radius 1 is 1.59 bits per heavy atom. The van der Waals surface area contributed by atoms with E-state index >= 15 is 0 Å². The van der Waals surface area contributed by atoms with Crippen molar-refractivity contribution in [3.05, 3.63) is 34.6 Å². The number of hydrogen-bond acceptors (Lipinski definition) is 2. The SMILES string of the molecule is NCCNC(=O)C1CC1c1c(F)cccc1Cl. The average molecular weight is 257 g/mol. The quantitative estimate of drug-likeness (QED) is 0.861. The molecule has 0 bridgehead atoms. The summed E-state index contributed by atoms with van der Waals surface area (Å²) in [6.07, 6.45) is 0.650. The van der Waals surface area contributed by atoms with Crippen LogP contribution in [0.3, 0.4) is 0 Å². The van der Waals surface area contributed by atoms with Crippen LogP contribution in [0.15, 0.2) is 18.2 Å². The highest BCUT2D eigenvalue weighted by Gasteiger charge is 2.45. The largest absolute Gasteiger partial charge is 0.355 e. The molecule has 1 saturated carbocycles. The van der Waals surface area contributed by atoms with Gasteiger partial charge in [0.15, 0.2) is 0 Å². The number of carbonyl (C=O) groups excluding carboxylic acids is 1. The van der Waals surface area contributed by atoms with Crippen LogP contribution in [0, 0.1) is 11.7 Å². The fourth-order valence-corrected chi connectivity index (χ4v) is 2.30. The molecule has 1 aliphatic rings. The third-order valence-corrected chi connectivity index (χ3v) is 3.27. The van der Waals surface area contributed by atoms with Crippen molar-refractivity contribution in [3.8, 4) is 0 Å². The minimum Gasteiger partial charge on any atom is -0.355 e. The summed E-state index contributed by atoms with van der Waals surface area (Å²) in [6.45, 7) is 0.858. The number of halogens is 2. The smallest absolute Gasteiger partial charge is 0.223 e. The minimum atomic E-state index is -0.336. The molecule has 2 atom stereocenters. The van der Waals surface area contributed by atoms with E-state index in [0.717, 1.165) is 0 Å². The van der Waals surface area contributed by atoms with Gasteiger partial charge in [0.1, 0.15) is 5.82 Å². The Morgan fingerprint density at radius 3 is 3.00 bits per heavy atom. The van der Waals surface area contributed by atoms with E-state index in [4.69, 9.17) is 17.3 Å². The third-order valence-electron chi connectivity index (χ3n) is 2.94. The van der Waals surface area contributed by atoms with E-state index in [9.17, 15) is 9.18 Å². The van der Waals surface area contributed by atoms with Crippen LogP contribution in [0.4, 0.5) is 4.39 Å². The predicted octanol–water partition coefficient (Wildman–Crippen LogP) is 1.66. The number of hydrogen-bond donors (Lipinski definition) is 2. The molecule has 3 nitrogen and oxygen atoms in total. The first kappa shape index (κ1) is 12.3. The first-order chi connectivity index (χ1) is 8.15. The molecule has 0 aliphatic heterocycles. The van der Waals surface area contributed by atoms with Crippen molar-refractivity contribution in [2.45, 2.75) is 12.3 Å². The zero-order chi connectivity index (χ0) is 12.4. The molecule has 1 fully saturated rings. The van der Waals surface area contributed by atoms with Crippen molar-refractivity contribution >= 4 is 17.5 Å². The molecule has 1 aliphatic carbocycles. The molecular weight excluding hydrogens is 243 g/mol.